The number of halogens is 2. The summed E-state index contributed by atoms with van der Waals surface area (Å²) in [4.78, 5) is 29.9. The fourth-order valence-corrected chi connectivity index (χ4v) is 3.37. The number of nitrogens with zero attached hydrogens (tertiary/aromatic N) is 2. The lowest BCUT2D eigenvalue weighted by molar-refractivity contribution is -0.115. The van der Waals surface area contributed by atoms with Crippen LogP contribution < -0.4 is 4.90 Å². The summed E-state index contributed by atoms with van der Waals surface area (Å²) in [7, 11) is 0. The molecule has 3 rings (SSSR count). The average molecular weight is 405 g/mol. The Labute approximate surface area is 164 Å². The Morgan fingerprint density at radius 3 is 2.63 bits per heavy atom. The van der Waals surface area contributed by atoms with Gasteiger partial charge in [-0.2, -0.15) is 0 Å². The molecule has 2 aromatic carbocycles. The number of ether oxygens (including phenoxy) is 1. The van der Waals surface area contributed by atoms with Gasteiger partial charge in [0.05, 0.1) is 16.9 Å². The third kappa shape index (κ3) is 4.50. The van der Waals surface area contributed by atoms with Gasteiger partial charge in [0.2, 0.25) is 5.91 Å². The Hall–Kier alpha value is -2.77. The zero-order valence-electron chi connectivity index (χ0n) is 14.2. The number of para-hydroxylation sites is 1. The van der Waals surface area contributed by atoms with Crippen LogP contribution in [0.3, 0.4) is 0 Å². The van der Waals surface area contributed by atoms with Gasteiger partial charge in [0.25, 0.3) is 0 Å². The van der Waals surface area contributed by atoms with Gasteiger partial charge in [-0.05, 0) is 30.3 Å². The van der Waals surface area contributed by atoms with Gasteiger partial charge in [-0.3, -0.25) is 9.69 Å². The average Bonchev–Trinajstić information content (AvgIpc) is 3.09. The molecule has 0 spiro atoms. The van der Waals surface area contributed by atoms with Gasteiger partial charge in [0.15, 0.2) is 5.13 Å². The normalized spacial score (nSPS) is 10.5. The van der Waals surface area contributed by atoms with E-state index in [1.165, 1.54) is 35.3 Å². The van der Waals surface area contributed by atoms with Crippen LogP contribution in [-0.4, -0.2) is 16.9 Å². The zero-order chi connectivity index (χ0) is 19.4. The summed E-state index contributed by atoms with van der Waals surface area (Å²) in [5.41, 5.74) is 0.940. The van der Waals surface area contributed by atoms with E-state index in [1.54, 1.807) is 17.5 Å². The molecule has 0 atom stereocenters. The molecule has 5 nitrogen and oxygen atoms in total. The maximum Gasteiger partial charge on any atom is 0.341 e. The molecule has 0 saturated heterocycles. The molecule has 1 aromatic heterocycles. The van der Waals surface area contributed by atoms with Crippen LogP contribution in [0.5, 0.6) is 0 Å². The lowest BCUT2D eigenvalue weighted by Gasteiger charge is -2.17. The Morgan fingerprint density at radius 1 is 1.22 bits per heavy atom. The van der Waals surface area contributed by atoms with Crippen LogP contribution >= 0.6 is 22.9 Å². The molecular formula is C19H14ClFN2O3S. The van der Waals surface area contributed by atoms with Gasteiger partial charge in [-0.25, -0.2) is 14.2 Å². The van der Waals surface area contributed by atoms with Crippen LogP contribution in [0.1, 0.15) is 23.0 Å². The van der Waals surface area contributed by atoms with Gasteiger partial charge >= 0.3 is 5.97 Å². The molecule has 138 valence electrons. The summed E-state index contributed by atoms with van der Waals surface area (Å²) >= 11 is 6.91. The van der Waals surface area contributed by atoms with E-state index in [2.05, 4.69) is 4.98 Å². The highest BCUT2D eigenvalue weighted by atomic mass is 35.5. The molecule has 0 N–H and O–H groups in total. The molecule has 0 aliphatic rings. The topological polar surface area (TPSA) is 59.5 Å². The van der Waals surface area contributed by atoms with E-state index < -0.39 is 11.8 Å². The number of anilines is 2. The molecule has 0 bridgehead atoms. The van der Waals surface area contributed by atoms with Crippen LogP contribution in [-0.2, 0) is 16.1 Å². The molecule has 0 fully saturated rings. The van der Waals surface area contributed by atoms with Crippen LogP contribution in [0.15, 0.2) is 53.9 Å². The van der Waals surface area contributed by atoms with E-state index in [9.17, 15) is 14.0 Å². The van der Waals surface area contributed by atoms with Gasteiger partial charge in [0.1, 0.15) is 12.4 Å². The highest BCUT2D eigenvalue weighted by molar-refractivity contribution is 7.14. The van der Waals surface area contributed by atoms with Crippen molar-refractivity contribution in [1.82, 2.24) is 4.98 Å². The van der Waals surface area contributed by atoms with Crippen molar-refractivity contribution in [3.05, 3.63) is 76.0 Å². The SMILES string of the molecule is CC(=O)N(c1ccccc1)c1nc(COC(=O)c2ccc(Cl)cc2F)cs1. The highest BCUT2D eigenvalue weighted by Crippen LogP contribution is 2.29. The number of aromatic nitrogens is 1. The minimum Gasteiger partial charge on any atom is -0.455 e. The second-order valence-electron chi connectivity index (χ2n) is 5.51. The fraction of sp³-hybridized carbons (Fsp3) is 0.105. The van der Waals surface area contributed by atoms with Crippen molar-refractivity contribution >= 4 is 45.6 Å². The van der Waals surface area contributed by atoms with E-state index in [0.717, 1.165) is 6.07 Å². The Kier molecular flexibility index (Phi) is 5.83. The monoisotopic (exact) mass is 404 g/mol. The van der Waals surface area contributed by atoms with Crippen molar-refractivity contribution in [2.75, 3.05) is 4.90 Å². The quantitative estimate of drug-likeness (QED) is 0.563. The molecule has 0 aliphatic carbocycles. The van der Waals surface area contributed by atoms with Gasteiger partial charge in [-0.15, -0.1) is 11.3 Å². The molecule has 0 saturated carbocycles. The van der Waals surface area contributed by atoms with Crippen LogP contribution in [0.4, 0.5) is 15.2 Å². The van der Waals surface area contributed by atoms with Gasteiger partial charge < -0.3 is 4.74 Å². The van der Waals surface area contributed by atoms with Crippen LogP contribution in [0.25, 0.3) is 0 Å². The molecule has 0 radical (unpaired) electrons. The minimum absolute atomic E-state index is 0.141. The number of carbonyl (C=O) groups excluding carboxylic acids is 2. The lowest BCUT2D eigenvalue weighted by Crippen LogP contribution is -2.22. The number of hydrogen-bond donors (Lipinski definition) is 0. The molecule has 0 unspecified atom stereocenters. The predicted octanol–water partition coefficient (Wildman–Crippen LogP) is 4.98. The molecule has 3 aromatic rings. The first kappa shape index (κ1) is 19.0. The van der Waals surface area contributed by atoms with E-state index >= 15 is 0 Å². The summed E-state index contributed by atoms with van der Waals surface area (Å²) in [5, 5.41) is 2.33. The molecule has 8 heteroatoms. The molecule has 1 heterocycles. The number of benzene rings is 2. The molecule has 1 amide bonds. The Bertz CT molecular complexity index is 978. The van der Waals surface area contributed by atoms with Crippen molar-refractivity contribution in [1.29, 1.82) is 0 Å². The first-order valence-electron chi connectivity index (χ1n) is 7.88. The number of hydrogen-bond acceptors (Lipinski definition) is 5. The third-order valence-electron chi connectivity index (χ3n) is 3.56. The van der Waals surface area contributed by atoms with E-state index in [1.807, 2.05) is 18.2 Å². The maximum absolute atomic E-state index is 13.8. The number of rotatable bonds is 5. The zero-order valence-corrected chi connectivity index (χ0v) is 15.8. The van der Waals surface area contributed by atoms with E-state index in [0.29, 0.717) is 16.5 Å². The van der Waals surface area contributed by atoms with E-state index in [4.69, 9.17) is 16.3 Å². The summed E-state index contributed by atoms with van der Waals surface area (Å²) in [5.74, 6) is -1.76. The third-order valence-corrected chi connectivity index (χ3v) is 4.67. The Balaban J connectivity index is 1.72. The maximum atomic E-state index is 13.8. The van der Waals surface area contributed by atoms with Gasteiger partial charge in [0, 0.05) is 17.3 Å². The second-order valence-corrected chi connectivity index (χ2v) is 6.78. The van der Waals surface area contributed by atoms with Crippen molar-refractivity contribution in [2.24, 2.45) is 0 Å². The first-order chi connectivity index (χ1) is 13.0. The predicted molar refractivity (Wildman–Crippen MR) is 102 cm³/mol. The van der Waals surface area contributed by atoms with Crippen molar-refractivity contribution in [3.63, 3.8) is 0 Å². The number of thiazole rings is 1. The standard InChI is InChI=1S/C19H14ClFN2O3S/c1-12(24)23(15-5-3-2-4-6-15)19-22-14(11-27-19)10-26-18(25)16-8-7-13(20)9-17(16)21/h2-9,11H,10H2,1H3. The molecule has 27 heavy (non-hydrogen) atoms. The summed E-state index contributed by atoms with van der Waals surface area (Å²) in [6.45, 7) is 1.30. The number of esters is 1. The first-order valence-corrected chi connectivity index (χ1v) is 9.14. The second kappa shape index (κ2) is 8.28. The minimum atomic E-state index is -0.815. The Morgan fingerprint density at radius 2 is 1.96 bits per heavy atom. The van der Waals surface area contributed by atoms with E-state index in [-0.39, 0.29) is 23.1 Å². The van der Waals surface area contributed by atoms with Crippen molar-refractivity contribution in [3.8, 4) is 0 Å². The van der Waals surface area contributed by atoms with Crippen LogP contribution in [0.2, 0.25) is 5.02 Å². The fourth-order valence-electron chi connectivity index (χ4n) is 2.34. The summed E-state index contributed by atoms with van der Waals surface area (Å²) < 4.78 is 18.9. The van der Waals surface area contributed by atoms with Crippen LogP contribution in [0, 0.1) is 5.82 Å². The van der Waals surface area contributed by atoms with Gasteiger partial charge in [-0.1, -0.05) is 29.8 Å². The number of carbonyl (C=O) groups is 2. The summed E-state index contributed by atoms with van der Waals surface area (Å²) in [6.07, 6.45) is 0. The molecular weight excluding hydrogens is 391 g/mol. The summed E-state index contributed by atoms with van der Waals surface area (Å²) in [6, 6.07) is 12.8. The lowest BCUT2D eigenvalue weighted by atomic mass is 10.2. The smallest absolute Gasteiger partial charge is 0.341 e. The molecule has 0 aliphatic heterocycles. The largest absolute Gasteiger partial charge is 0.455 e. The number of amides is 1. The van der Waals surface area contributed by atoms with Crippen molar-refractivity contribution < 1.29 is 18.7 Å². The van der Waals surface area contributed by atoms with Crippen molar-refractivity contribution in [2.45, 2.75) is 13.5 Å². The highest BCUT2D eigenvalue weighted by Gasteiger charge is 2.19.